The number of hydrogen-bond donors (Lipinski definition) is 2. The average Bonchev–Trinajstić information content (AvgIpc) is 2.96. The number of rotatable bonds is 5. The van der Waals surface area contributed by atoms with Gasteiger partial charge in [0.2, 0.25) is 0 Å². The largest absolute Gasteiger partial charge is 0.495 e. The molecule has 9 heteroatoms. The zero-order chi connectivity index (χ0) is 20.3. The quantitative estimate of drug-likeness (QED) is 0.413. The van der Waals surface area contributed by atoms with Gasteiger partial charge in [-0.1, -0.05) is 35.3 Å². The Balaban J connectivity index is 1.71. The maximum absolute atomic E-state index is 6.25. The van der Waals surface area contributed by atoms with E-state index in [4.69, 9.17) is 40.2 Å². The summed E-state index contributed by atoms with van der Waals surface area (Å²) >= 11 is 21.1. The molecule has 0 unspecified atom stereocenters. The molecule has 1 heterocycles. The van der Waals surface area contributed by atoms with Gasteiger partial charge in [0.1, 0.15) is 5.75 Å². The van der Waals surface area contributed by atoms with Crippen LogP contribution in [0.3, 0.4) is 0 Å². The van der Waals surface area contributed by atoms with Crippen LogP contribution in [-0.4, -0.2) is 22.0 Å². The SMILES string of the molecule is COc1ccc(C)cc1NC(=S)Nc1nn(Cc2ccc(Cl)cc2Cl)cc1Br. The van der Waals surface area contributed by atoms with Crippen molar-refractivity contribution in [2.45, 2.75) is 13.5 Å². The van der Waals surface area contributed by atoms with Gasteiger partial charge >= 0.3 is 0 Å². The van der Waals surface area contributed by atoms with Gasteiger partial charge in [-0.2, -0.15) is 5.10 Å². The minimum Gasteiger partial charge on any atom is -0.495 e. The van der Waals surface area contributed by atoms with Crippen LogP contribution in [0.25, 0.3) is 0 Å². The molecule has 28 heavy (non-hydrogen) atoms. The molecule has 2 aromatic carbocycles. The number of ether oxygens (including phenoxy) is 1. The molecule has 0 fully saturated rings. The lowest BCUT2D eigenvalue weighted by Crippen LogP contribution is -2.20. The van der Waals surface area contributed by atoms with Gasteiger partial charge in [0.25, 0.3) is 0 Å². The maximum Gasteiger partial charge on any atom is 0.176 e. The summed E-state index contributed by atoms with van der Waals surface area (Å²) in [7, 11) is 1.62. The molecular formula is C19H17BrCl2N4OS. The van der Waals surface area contributed by atoms with Crippen LogP contribution >= 0.6 is 51.3 Å². The van der Waals surface area contributed by atoms with E-state index in [1.165, 1.54) is 0 Å². The van der Waals surface area contributed by atoms with Crippen molar-refractivity contribution >= 4 is 68.0 Å². The maximum atomic E-state index is 6.25. The first-order chi connectivity index (χ1) is 13.4. The highest BCUT2D eigenvalue weighted by Crippen LogP contribution is 2.27. The van der Waals surface area contributed by atoms with Gasteiger partial charge in [0, 0.05) is 16.2 Å². The third-order valence-electron chi connectivity index (χ3n) is 3.90. The fourth-order valence-corrected chi connectivity index (χ4v) is 3.66. The standard InChI is InChI=1S/C19H17BrCl2N4OS/c1-11-3-6-17(27-2)16(7-11)23-19(28)24-18-14(20)10-26(25-18)9-12-4-5-13(21)8-15(12)22/h3-8,10H,9H2,1-2H3,(H2,23,24,25,28). The van der Waals surface area contributed by atoms with E-state index in [9.17, 15) is 0 Å². The summed E-state index contributed by atoms with van der Waals surface area (Å²) in [6.07, 6.45) is 1.85. The topological polar surface area (TPSA) is 51.1 Å². The molecule has 0 aliphatic carbocycles. The van der Waals surface area contributed by atoms with Gasteiger partial charge in [-0.15, -0.1) is 0 Å². The number of methoxy groups -OCH3 is 1. The van der Waals surface area contributed by atoms with Crippen LogP contribution in [0.5, 0.6) is 5.75 Å². The third-order valence-corrected chi connectivity index (χ3v) is 5.27. The normalized spacial score (nSPS) is 10.6. The molecule has 0 aliphatic heterocycles. The monoisotopic (exact) mass is 498 g/mol. The van der Waals surface area contributed by atoms with Gasteiger partial charge in [-0.05, 0) is 70.5 Å². The molecular weight excluding hydrogens is 483 g/mol. The molecule has 0 amide bonds. The molecule has 0 saturated heterocycles. The van der Waals surface area contributed by atoms with E-state index in [-0.39, 0.29) is 0 Å². The third kappa shape index (κ3) is 5.17. The van der Waals surface area contributed by atoms with Crippen molar-refractivity contribution in [3.63, 3.8) is 0 Å². The van der Waals surface area contributed by atoms with Crippen LogP contribution in [0, 0.1) is 6.92 Å². The van der Waals surface area contributed by atoms with Crippen molar-refractivity contribution in [1.29, 1.82) is 0 Å². The predicted molar refractivity (Wildman–Crippen MR) is 123 cm³/mol. The highest BCUT2D eigenvalue weighted by Gasteiger charge is 2.12. The van der Waals surface area contributed by atoms with Crippen molar-refractivity contribution in [3.8, 4) is 5.75 Å². The van der Waals surface area contributed by atoms with E-state index >= 15 is 0 Å². The number of aryl methyl sites for hydroxylation is 1. The minimum absolute atomic E-state index is 0.402. The molecule has 3 aromatic rings. The van der Waals surface area contributed by atoms with Gasteiger partial charge in [-0.25, -0.2) is 0 Å². The second kappa shape index (κ2) is 9.13. The predicted octanol–water partition coefficient (Wildman–Crippen LogP) is 6.13. The van der Waals surface area contributed by atoms with Crippen LogP contribution in [0.15, 0.2) is 47.1 Å². The van der Waals surface area contributed by atoms with Crippen molar-refractivity contribution in [2.75, 3.05) is 17.7 Å². The Morgan fingerprint density at radius 3 is 2.71 bits per heavy atom. The highest BCUT2D eigenvalue weighted by atomic mass is 79.9. The molecule has 5 nitrogen and oxygen atoms in total. The summed E-state index contributed by atoms with van der Waals surface area (Å²) in [5.74, 6) is 1.30. The number of nitrogens with one attached hydrogen (secondary N) is 2. The van der Waals surface area contributed by atoms with Crippen LogP contribution in [0.1, 0.15) is 11.1 Å². The molecule has 2 N–H and O–H groups in total. The number of anilines is 2. The fourth-order valence-electron chi connectivity index (χ4n) is 2.57. The second-order valence-corrected chi connectivity index (χ2v) is 8.15. The lowest BCUT2D eigenvalue weighted by Gasteiger charge is -2.13. The van der Waals surface area contributed by atoms with Crippen molar-refractivity contribution in [1.82, 2.24) is 9.78 Å². The van der Waals surface area contributed by atoms with Crippen LogP contribution in [-0.2, 0) is 6.54 Å². The summed E-state index contributed by atoms with van der Waals surface area (Å²) in [5.41, 5.74) is 2.79. The molecule has 0 radical (unpaired) electrons. The van der Waals surface area contributed by atoms with E-state index in [0.717, 1.165) is 21.3 Å². The van der Waals surface area contributed by atoms with Crippen molar-refractivity contribution in [2.24, 2.45) is 0 Å². The van der Waals surface area contributed by atoms with E-state index < -0.39 is 0 Å². The first kappa shape index (κ1) is 20.9. The summed E-state index contributed by atoms with van der Waals surface area (Å²) in [5, 5.41) is 12.3. The Bertz CT molecular complexity index is 1030. The summed E-state index contributed by atoms with van der Waals surface area (Å²) in [4.78, 5) is 0. The van der Waals surface area contributed by atoms with E-state index in [1.807, 2.05) is 37.4 Å². The van der Waals surface area contributed by atoms with Gasteiger partial charge < -0.3 is 15.4 Å². The molecule has 146 valence electrons. The molecule has 0 spiro atoms. The fraction of sp³-hybridized carbons (Fsp3) is 0.158. The highest BCUT2D eigenvalue weighted by molar-refractivity contribution is 9.10. The van der Waals surface area contributed by atoms with Crippen LogP contribution < -0.4 is 15.4 Å². The minimum atomic E-state index is 0.402. The van der Waals surface area contributed by atoms with Crippen LogP contribution in [0.2, 0.25) is 10.0 Å². The summed E-state index contributed by atoms with van der Waals surface area (Å²) in [6, 6.07) is 11.2. The number of thiocarbonyl (C=S) groups is 1. The van der Waals surface area contributed by atoms with Crippen LogP contribution in [0.4, 0.5) is 11.5 Å². The van der Waals surface area contributed by atoms with Crippen molar-refractivity contribution in [3.05, 3.63) is 68.2 Å². The molecule has 3 rings (SSSR count). The average molecular weight is 500 g/mol. The number of halogens is 3. The molecule has 0 aliphatic rings. The number of hydrogen-bond acceptors (Lipinski definition) is 3. The molecule has 0 bridgehead atoms. The summed E-state index contributed by atoms with van der Waals surface area (Å²) < 4.78 is 7.90. The Kier molecular flexibility index (Phi) is 6.82. The summed E-state index contributed by atoms with van der Waals surface area (Å²) in [6.45, 7) is 2.50. The van der Waals surface area contributed by atoms with E-state index in [0.29, 0.717) is 33.3 Å². The Morgan fingerprint density at radius 1 is 1.21 bits per heavy atom. The van der Waals surface area contributed by atoms with E-state index in [2.05, 4.69) is 31.7 Å². The zero-order valence-corrected chi connectivity index (χ0v) is 19.0. The van der Waals surface area contributed by atoms with Gasteiger partial charge in [-0.3, -0.25) is 4.68 Å². The lowest BCUT2D eigenvalue weighted by molar-refractivity contribution is 0.417. The first-order valence-electron chi connectivity index (χ1n) is 8.25. The number of aromatic nitrogens is 2. The molecule has 0 saturated carbocycles. The Morgan fingerprint density at radius 2 is 2.00 bits per heavy atom. The molecule has 1 aromatic heterocycles. The van der Waals surface area contributed by atoms with Gasteiger partial charge in [0.15, 0.2) is 10.9 Å². The Labute approximate surface area is 187 Å². The zero-order valence-electron chi connectivity index (χ0n) is 15.1. The number of nitrogens with zero attached hydrogens (tertiary/aromatic N) is 2. The smallest absolute Gasteiger partial charge is 0.176 e. The van der Waals surface area contributed by atoms with Crippen molar-refractivity contribution < 1.29 is 4.74 Å². The second-order valence-electron chi connectivity index (χ2n) is 6.04. The number of benzene rings is 2. The lowest BCUT2D eigenvalue weighted by atomic mass is 10.2. The van der Waals surface area contributed by atoms with Gasteiger partial charge in [0.05, 0.1) is 23.8 Å². The Hall–Kier alpha value is -1.80. The van der Waals surface area contributed by atoms with E-state index in [1.54, 1.807) is 23.9 Å². The first-order valence-corrected chi connectivity index (χ1v) is 10.2. The molecule has 0 atom stereocenters.